The average molecular weight is 523 g/mol. The maximum absolute atomic E-state index is 12.6. The first-order valence-electron chi connectivity index (χ1n) is 10.7. The van der Waals surface area contributed by atoms with E-state index in [0.717, 1.165) is 4.90 Å². The molecule has 37 heavy (non-hydrogen) atoms. The molecule has 0 saturated carbocycles. The van der Waals surface area contributed by atoms with E-state index in [2.05, 4.69) is 10.5 Å². The molecule has 7 N–H and O–H groups in total. The molecule has 0 unspecified atom stereocenters. The third-order valence-corrected chi connectivity index (χ3v) is 5.48. The van der Waals surface area contributed by atoms with Crippen LogP contribution in [-0.4, -0.2) is 110 Å². The minimum absolute atomic E-state index is 0. The summed E-state index contributed by atoms with van der Waals surface area (Å²) >= 11 is 0. The van der Waals surface area contributed by atoms with Crippen LogP contribution < -0.4 is 15.8 Å². The molecular formula is C23H24N4NaO9. The van der Waals surface area contributed by atoms with Crippen molar-refractivity contribution in [2.45, 2.75) is 24.5 Å². The van der Waals surface area contributed by atoms with E-state index < -0.39 is 41.9 Å². The van der Waals surface area contributed by atoms with Crippen LogP contribution in [0.15, 0.2) is 53.7 Å². The number of phenols is 1. The molecule has 1 aliphatic heterocycles. The van der Waals surface area contributed by atoms with Crippen LogP contribution in [0.1, 0.15) is 23.6 Å². The SMILES string of the molecule is N[C@H](CCOc1ccc(/C(=N/O)C(=O)N[C@H]2CN([C@@H](C(=O)O)c3ccc(O)cc3)C2=O)cc1)C(=O)O.[Na]. The standard InChI is InChI=1S/C23H24N4O9.Na/c24-16(22(31)32)9-10-36-15-7-3-12(4-8-15)18(26-35)20(29)25-17-11-27(21(17)30)19(23(33)34)13-1-5-14(28)6-2-13;/h1-8,16-17,19,28,35H,9-11,24H2,(H,25,29)(H,31,32)(H,33,34);/b26-18-;/t16-,17+,19-;/m1./s1. The van der Waals surface area contributed by atoms with E-state index in [-0.39, 0.29) is 71.7 Å². The second-order valence-electron chi connectivity index (χ2n) is 7.90. The number of amides is 2. The minimum Gasteiger partial charge on any atom is -0.508 e. The van der Waals surface area contributed by atoms with Crippen molar-refractivity contribution in [3.8, 4) is 11.5 Å². The molecule has 1 aliphatic rings. The molecule has 1 fully saturated rings. The molecule has 1 radical (unpaired) electrons. The normalized spacial score (nSPS) is 16.6. The van der Waals surface area contributed by atoms with Crippen molar-refractivity contribution >= 4 is 59.0 Å². The summed E-state index contributed by atoms with van der Waals surface area (Å²) < 4.78 is 5.40. The Hall–Kier alpha value is -3.65. The van der Waals surface area contributed by atoms with Gasteiger partial charge in [-0.3, -0.25) is 14.4 Å². The van der Waals surface area contributed by atoms with Gasteiger partial charge < -0.3 is 41.2 Å². The first-order valence-corrected chi connectivity index (χ1v) is 10.7. The van der Waals surface area contributed by atoms with Crippen LogP contribution in [-0.2, 0) is 19.2 Å². The number of nitrogens with two attached hydrogens (primary N) is 1. The van der Waals surface area contributed by atoms with Gasteiger partial charge in [0.15, 0.2) is 11.8 Å². The third-order valence-electron chi connectivity index (χ3n) is 5.48. The van der Waals surface area contributed by atoms with E-state index in [1.54, 1.807) is 0 Å². The summed E-state index contributed by atoms with van der Waals surface area (Å²) in [6.45, 7) is -0.0393. The summed E-state index contributed by atoms with van der Waals surface area (Å²) in [6, 6.07) is 7.83. The number of rotatable bonds is 11. The molecule has 14 heteroatoms. The van der Waals surface area contributed by atoms with Gasteiger partial charge in [-0.2, -0.15) is 0 Å². The Morgan fingerprint density at radius 1 is 1.08 bits per heavy atom. The Bertz CT molecular complexity index is 1170. The number of ether oxygens (including phenoxy) is 1. The number of hydrogen-bond donors (Lipinski definition) is 6. The molecule has 0 bridgehead atoms. The van der Waals surface area contributed by atoms with Gasteiger partial charge in [0.2, 0.25) is 5.91 Å². The number of hydrogen-bond acceptors (Lipinski definition) is 9. The number of aliphatic carboxylic acids is 2. The molecule has 2 aromatic rings. The van der Waals surface area contributed by atoms with Crippen molar-refractivity contribution in [2.75, 3.05) is 13.2 Å². The van der Waals surface area contributed by atoms with E-state index in [0.29, 0.717) is 5.75 Å². The number of nitrogens with one attached hydrogen (secondary N) is 1. The fourth-order valence-electron chi connectivity index (χ4n) is 3.50. The summed E-state index contributed by atoms with van der Waals surface area (Å²) in [5.74, 6) is -3.59. The zero-order valence-corrected chi connectivity index (χ0v) is 21.8. The van der Waals surface area contributed by atoms with Gasteiger partial charge in [-0.25, -0.2) is 4.79 Å². The van der Waals surface area contributed by atoms with Crippen LogP contribution >= 0.6 is 0 Å². The summed E-state index contributed by atoms with van der Waals surface area (Å²) in [4.78, 5) is 48.8. The van der Waals surface area contributed by atoms with E-state index in [1.165, 1.54) is 48.5 Å². The number of nitrogens with zero attached hydrogens (tertiary/aromatic N) is 2. The average Bonchev–Trinajstić information content (AvgIpc) is 2.85. The van der Waals surface area contributed by atoms with E-state index in [9.17, 15) is 34.6 Å². The number of carbonyl (C=O) groups excluding carboxylic acids is 2. The van der Waals surface area contributed by atoms with Gasteiger partial charge in [0.25, 0.3) is 5.91 Å². The quantitative estimate of drug-likeness (QED) is 0.0732. The fourth-order valence-corrected chi connectivity index (χ4v) is 3.50. The number of aromatic hydroxyl groups is 1. The molecule has 13 nitrogen and oxygen atoms in total. The predicted octanol–water partition coefficient (Wildman–Crippen LogP) is -0.477. The Labute approximate surface area is 232 Å². The molecule has 2 aromatic carbocycles. The topological polar surface area (TPSA) is 212 Å². The number of oxime groups is 1. The molecule has 3 rings (SSSR count). The molecule has 1 heterocycles. The number of benzene rings is 2. The molecule has 0 spiro atoms. The minimum atomic E-state index is -1.30. The molecule has 191 valence electrons. The summed E-state index contributed by atoms with van der Waals surface area (Å²) in [5.41, 5.74) is 5.51. The Kier molecular flexibility index (Phi) is 10.4. The number of carbonyl (C=O) groups is 4. The zero-order chi connectivity index (χ0) is 26.4. The number of carboxylic acids is 2. The Morgan fingerprint density at radius 3 is 2.22 bits per heavy atom. The van der Waals surface area contributed by atoms with Gasteiger partial charge >= 0.3 is 11.9 Å². The smallest absolute Gasteiger partial charge is 0.331 e. The maximum atomic E-state index is 12.6. The van der Waals surface area contributed by atoms with Crippen molar-refractivity contribution in [1.82, 2.24) is 10.2 Å². The Balaban J connectivity index is 0.00000481. The number of phenolic OH excluding ortho intramolecular Hbond substituents is 1. The summed E-state index contributed by atoms with van der Waals surface area (Å²) in [7, 11) is 0. The fraction of sp³-hybridized carbons (Fsp3) is 0.261. The van der Waals surface area contributed by atoms with Crippen LogP contribution in [0.3, 0.4) is 0 Å². The van der Waals surface area contributed by atoms with Crippen molar-refractivity contribution in [3.63, 3.8) is 0 Å². The zero-order valence-electron chi connectivity index (χ0n) is 19.8. The molecule has 2 amide bonds. The van der Waals surface area contributed by atoms with Crippen LogP contribution in [0.25, 0.3) is 0 Å². The van der Waals surface area contributed by atoms with Crippen LogP contribution in [0.4, 0.5) is 0 Å². The first-order chi connectivity index (χ1) is 17.1. The second kappa shape index (κ2) is 13.1. The molecule has 0 aromatic heterocycles. The monoisotopic (exact) mass is 523 g/mol. The van der Waals surface area contributed by atoms with Gasteiger partial charge in [-0.15, -0.1) is 0 Å². The van der Waals surface area contributed by atoms with Crippen molar-refractivity contribution in [1.29, 1.82) is 0 Å². The van der Waals surface area contributed by atoms with Crippen molar-refractivity contribution in [3.05, 3.63) is 59.7 Å². The molecule has 1 saturated heterocycles. The van der Waals surface area contributed by atoms with Gasteiger partial charge in [-0.1, -0.05) is 17.3 Å². The Morgan fingerprint density at radius 2 is 1.70 bits per heavy atom. The summed E-state index contributed by atoms with van der Waals surface area (Å²) in [6.07, 6.45) is 0.0880. The maximum Gasteiger partial charge on any atom is 0.331 e. The van der Waals surface area contributed by atoms with Gasteiger partial charge in [0, 0.05) is 41.5 Å². The van der Waals surface area contributed by atoms with E-state index >= 15 is 0 Å². The van der Waals surface area contributed by atoms with Crippen molar-refractivity contribution < 1.29 is 44.4 Å². The number of β-lactam (4-membered cyclic amide) rings is 1. The van der Waals surface area contributed by atoms with E-state index in [4.69, 9.17) is 15.6 Å². The van der Waals surface area contributed by atoms with Gasteiger partial charge in [-0.05, 0) is 42.0 Å². The van der Waals surface area contributed by atoms with Crippen LogP contribution in [0, 0.1) is 0 Å². The van der Waals surface area contributed by atoms with E-state index in [1.807, 2.05) is 0 Å². The van der Waals surface area contributed by atoms with Crippen molar-refractivity contribution in [2.24, 2.45) is 10.9 Å². The van der Waals surface area contributed by atoms with Gasteiger partial charge in [0.05, 0.1) is 13.2 Å². The van der Waals surface area contributed by atoms with Gasteiger partial charge in [0.1, 0.15) is 23.6 Å². The second-order valence-corrected chi connectivity index (χ2v) is 7.90. The summed E-state index contributed by atoms with van der Waals surface area (Å²) in [5, 5.41) is 42.5. The predicted molar refractivity (Wildman–Crippen MR) is 128 cm³/mol. The molecule has 0 aliphatic carbocycles. The van der Waals surface area contributed by atoms with Crippen LogP contribution in [0.2, 0.25) is 0 Å². The third kappa shape index (κ3) is 7.20. The molecule has 3 atom stereocenters. The van der Waals surface area contributed by atoms with Crippen LogP contribution in [0.5, 0.6) is 11.5 Å². The number of likely N-dealkylation sites (tertiary alicyclic amines) is 1. The molecular weight excluding hydrogens is 499 g/mol. The first kappa shape index (κ1) is 29.6. The largest absolute Gasteiger partial charge is 0.508 e. The number of carboxylic acid groups (broad SMARTS) is 2.